The summed E-state index contributed by atoms with van der Waals surface area (Å²) in [6.07, 6.45) is 1.57. The van der Waals surface area contributed by atoms with E-state index in [9.17, 15) is 9.90 Å². The van der Waals surface area contributed by atoms with E-state index in [4.69, 9.17) is 4.74 Å². The van der Waals surface area contributed by atoms with Gasteiger partial charge < -0.3 is 19.7 Å². The standard InChI is InChI=1S/C15H18N2O3/c1-10-9-20-13(8-18)7-17(10)15(19)12-3-2-11-4-5-16-14(11)6-12/h2-6,10,13,16,18H,7-9H2,1H3. The zero-order valence-electron chi connectivity index (χ0n) is 11.4. The summed E-state index contributed by atoms with van der Waals surface area (Å²) in [6, 6.07) is 7.64. The second kappa shape index (κ2) is 5.26. The molecule has 0 saturated carbocycles. The molecule has 1 aliphatic rings. The minimum Gasteiger partial charge on any atom is -0.394 e. The Kier molecular flexibility index (Phi) is 3.46. The van der Waals surface area contributed by atoms with Gasteiger partial charge in [0.05, 0.1) is 25.4 Å². The Morgan fingerprint density at radius 3 is 3.15 bits per heavy atom. The van der Waals surface area contributed by atoms with E-state index in [1.54, 1.807) is 4.90 Å². The SMILES string of the molecule is CC1COC(CO)CN1C(=O)c1ccc2cc[nH]c2c1. The molecule has 2 heterocycles. The summed E-state index contributed by atoms with van der Waals surface area (Å²) in [5.74, 6) is -0.0178. The Bertz CT molecular complexity index is 622. The fraction of sp³-hybridized carbons (Fsp3) is 0.400. The first kappa shape index (κ1) is 13.1. The van der Waals surface area contributed by atoms with Crippen LogP contribution in [-0.4, -0.2) is 52.8 Å². The molecule has 2 unspecified atom stereocenters. The van der Waals surface area contributed by atoms with E-state index in [0.29, 0.717) is 18.7 Å². The first-order chi connectivity index (χ1) is 9.69. The summed E-state index contributed by atoms with van der Waals surface area (Å²) in [5.41, 5.74) is 1.61. The number of carbonyl (C=O) groups is 1. The molecule has 2 aromatic rings. The van der Waals surface area contributed by atoms with Crippen LogP contribution in [0, 0.1) is 0 Å². The lowest BCUT2D eigenvalue weighted by Crippen LogP contribution is -2.52. The summed E-state index contributed by atoms with van der Waals surface area (Å²) >= 11 is 0. The minimum atomic E-state index is -0.288. The average Bonchev–Trinajstić information content (AvgIpc) is 2.94. The van der Waals surface area contributed by atoms with Crippen molar-refractivity contribution in [1.82, 2.24) is 9.88 Å². The second-order valence-electron chi connectivity index (χ2n) is 5.22. The van der Waals surface area contributed by atoms with Crippen LogP contribution in [0.25, 0.3) is 10.9 Å². The van der Waals surface area contributed by atoms with Crippen LogP contribution in [0.2, 0.25) is 0 Å². The van der Waals surface area contributed by atoms with Crippen molar-refractivity contribution in [1.29, 1.82) is 0 Å². The summed E-state index contributed by atoms with van der Waals surface area (Å²) in [5, 5.41) is 10.3. The van der Waals surface area contributed by atoms with Gasteiger partial charge >= 0.3 is 0 Å². The third-order valence-corrected chi connectivity index (χ3v) is 3.77. The van der Waals surface area contributed by atoms with Gasteiger partial charge in [-0.3, -0.25) is 4.79 Å². The topological polar surface area (TPSA) is 65.6 Å². The molecule has 1 saturated heterocycles. The number of aromatic nitrogens is 1. The molecule has 5 nitrogen and oxygen atoms in total. The normalized spacial score (nSPS) is 23.2. The van der Waals surface area contributed by atoms with E-state index in [0.717, 1.165) is 10.9 Å². The van der Waals surface area contributed by atoms with Gasteiger partial charge in [0.25, 0.3) is 5.91 Å². The van der Waals surface area contributed by atoms with Crippen molar-refractivity contribution in [3.63, 3.8) is 0 Å². The quantitative estimate of drug-likeness (QED) is 0.869. The summed E-state index contributed by atoms with van der Waals surface area (Å²) in [4.78, 5) is 17.5. The molecular formula is C15H18N2O3. The molecule has 1 aromatic heterocycles. The number of aromatic amines is 1. The predicted octanol–water partition coefficient (Wildman–Crippen LogP) is 1.39. The smallest absolute Gasteiger partial charge is 0.254 e. The van der Waals surface area contributed by atoms with Gasteiger partial charge in [-0.2, -0.15) is 0 Å². The minimum absolute atomic E-state index is 0.0178. The van der Waals surface area contributed by atoms with E-state index in [-0.39, 0.29) is 24.7 Å². The van der Waals surface area contributed by atoms with Crippen LogP contribution in [-0.2, 0) is 4.74 Å². The Morgan fingerprint density at radius 2 is 2.35 bits per heavy atom. The van der Waals surface area contributed by atoms with E-state index < -0.39 is 0 Å². The highest BCUT2D eigenvalue weighted by molar-refractivity contribution is 5.98. The Balaban J connectivity index is 1.86. The first-order valence-corrected chi connectivity index (χ1v) is 6.79. The molecular weight excluding hydrogens is 256 g/mol. The van der Waals surface area contributed by atoms with E-state index in [1.165, 1.54) is 0 Å². The second-order valence-corrected chi connectivity index (χ2v) is 5.22. The Hall–Kier alpha value is -1.85. The lowest BCUT2D eigenvalue weighted by Gasteiger charge is -2.37. The number of H-pyrrole nitrogens is 1. The molecule has 3 rings (SSSR count). The molecule has 20 heavy (non-hydrogen) atoms. The van der Waals surface area contributed by atoms with Gasteiger partial charge in [0.15, 0.2) is 0 Å². The van der Waals surface area contributed by atoms with Crippen molar-refractivity contribution in [2.24, 2.45) is 0 Å². The van der Waals surface area contributed by atoms with Gasteiger partial charge in [0, 0.05) is 23.8 Å². The highest BCUT2D eigenvalue weighted by Crippen LogP contribution is 2.19. The van der Waals surface area contributed by atoms with Crippen molar-refractivity contribution in [2.45, 2.75) is 19.1 Å². The number of carbonyl (C=O) groups excluding carboxylic acids is 1. The van der Waals surface area contributed by atoms with Gasteiger partial charge in [-0.15, -0.1) is 0 Å². The van der Waals surface area contributed by atoms with Crippen molar-refractivity contribution >= 4 is 16.8 Å². The highest BCUT2D eigenvalue weighted by atomic mass is 16.5. The number of ether oxygens (including phenoxy) is 1. The van der Waals surface area contributed by atoms with Crippen LogP contribution in [0.4, 0.5) is 0 Å². The maximum atomic E-state index is 12.6. The van der Waals surface area contributed by atoms with E-state index in [2.05, 4.69) is 4.98 Å². The number of morpholine rings is 1. The summed E-state index contributed by atoms with van der Waals surface area (Å²) in [6.45, 7) is 2.78. The summed E-state index contributed by atoms with van der Waals surface area (Å²) < 4.78 is 5.46. The van der Waals surface area contributed by atoms with Crippen molar-refractivity contribution in [3.05, 3.63) is 36.0 Å². The number of amides is 1. The number of benzene rings is 1. The number of rotatable bonds is 2. The maximum Gasteiger partial charge on any atom is 0.254 e. The summed E-state index contributed by atoms with van der Waals surface area (Å²) in [7, 11) is 0. The number of aliphatic hydroxyl groups is 1. The highest BCUT2D eigenvalue weighted by Gasteiger charge is 2.29. The van der Waals surface area contributed by atoms with Gasteiger partial charge in [-0.05, 0) is 30.5 Å². The molecule has 106 valence electrons. The Labute approximate surface area is 117 Å². The largest absolute Gasteiger partial charge is 0.394 e. The van der Waals surface area contributed by atoms with Gasteiger partial charge in [0.2, 0.25) is 0 Å². The van der Waals surface area contributed by atoms with Crippen molar-refractivity contribution < 1.29 is 14.6 Å². The molecule has 0 bridgehead atoms. The van der Waals surface area contributed by atoms with Crippen LogP contribution < -0.4 is 0 Å². The Morgan fingerprint density at radius 1 is 1.50 bits per heavy atom. The van der Waals surface area contributed by atoms with Crippen molar-refractivity contribution in [2.75, 3.05) is 19.8 Å². The number of fused-ring (bicyclic) bond motifs is 1. The van der Waals surface area contributed by atoms with Crippen LogP contribution >= 0.6 is 0 Å². The number of hydrogen-bond acceptors (Lipinski definition) is 3. The fourth-order valence-electron chi connectivity index (χ4n) is 2.56. The predicted molar refractivity (Wildman–Crippen MR) is 75.6 cm³/mol. The third kappa shape index (κ3) is 2.30. The molecule has 0 spiro atoms. The molecule has 0 radical (unpaired) electrons. The number of aliphatic hydroxyl groups excluding tert-OH is 1. The number of nitrogens with zero attached hydrogens (tertiary/aromatic N) is 1. The van der Waals surface area contributed by atoms with Gasteiger partial charge in [-0.1, -0.05) is 6.07 Å². The molecule has 2 N–H and O–H groups in total. The molecule has 1 aromatic carbocycles. The zero-order chi connectivity index (χ0) is 14.1. The van der Waals surface area contributed by atoms with E-state index in [1.807, 2.05) is 37.4 Å². The lowest BCUT2D eigenvalue weighted by molar-refractivity contribution is -0.0667. The van der Waals surface area contributed by atoms with Crippen LogP contribution in [0.15, 0.2) is 30.5 Å². The van der Waals surface area contributed by atoms with Crippen LogP contribution in [0.3, 0.4) is 0 Å². The third-order valence-electron chi connectivity index (χ3n) is 3.77. The monoisotopic (exact) mass is 274 g/mol. The van der Waals surface area contributed by atoms with Gasteiger partial charge in [-0.25, -0.2) is 0 Å². The fourth-order valence-corrected chi connectivity index (χ4v) is 2.56. The van der Waals surface area contributed by atoms with Crippen LogP contribution in [0.1, 0.15) is 17.3 Å². The molecule has 0 aliphatic carbocycles. The number of hydrogen-bond donors (Lipinski definition) is 2. The van der Waals surface area contributed by atoms with Crippen LogP contribution in [0.5, 0.6) is 0 Å². The zero-order valence-corrected chi connectivity index (χ0v) is 11.4. The molecule has 1 aliphatic heterocycles. The number of nitrogens with one attached hydrogen (secondary N) is 1. The van der Waals surface area contributed by atoms with Crippen molar-refractivity contribution in [3.8, 4) is 0 Å². The molecule has 5 heteroatoms. The molecule has 2 atom stereocenters. The lowest BCUT2D eigenvalue weighted by atomic mass is 10.1. The average molecular weight is 274 g/mol. The van der Waals surface area contributed by atoms with Gasteiger partial charge in [0.1, 0.15) is 0 Å². The molecule has 1 amide bonds. The van der Waals surface area contributed by atoms with E-state index >= 15 is 0 Å². The first-order valence-electron chi connectivity index (χ1n) is 6.79. The molecule has 1 fully saturated rings. The maximum absolute atomic E-state index is 12.6.